The number of amides is 6. The van der Waals surface area contributed by atoms with Crippen LogP contribution in [0.25, 0.3) is 0 Å². The molecule has 1 radical (unpaired) electrons. The lowest BCUT2D eigenvalue weighted by molar-refractivity contribution is -0.143. The highest BCUT2D eigenvalue weighted by molar-refractivity contribution is 7.90. The summed E-state index contributed by atoms with van der Waals surface area (Å²) in [5, 5.41) is 55.9. The van der Waals surface area contributed by atoms with Crippen LogP contribution in [0.15, 0.2) is 0 Å². The molecule has 1 heterocycles. The summed E-state index contributed by atoms with van der Waals surface area (Å²) >= 11 is 0. The number of aromatic nitrogens is 4. The second kappa shape index (κ2) is 70.5. The van der Waals surface area contributed by atoms with E-state index in [2.05, 4.69) is 51.9 Å². The molecule has 36 nitrogen and oxygen atoms in total. The summed E-state index contributed by atoms with van der Waals surface area (Å²) in [6, 6.07) is -2.93. The lowest BCUT2D eigenvalue weighted by atomic mass is 10.0. The van der Waals surface area contributed by atoms with E-state index in [-0.39, 0.29) is 116 Å². The summed E-state index contributed by atoms with van der Waals surface area (Å²) in [5.74, 6) is -5.58. The predicted octanol–water partition coefficient (Wildman–Crippen LogP) is 1.29. The largest absolute Gasteiger partial charge is 0.480 e. The van der Waals surface area contributed by atoms with Crippen molar-refractivity contribution >= 4 is 57.4 Å². The molecule has 0 fully saturated rings. The Morgan fingerprint density at radius 2 is 0.670 bits per heavy atom. The summed E-state index contributed by atoms with van der Waals surface area (Å²) in [6.07, 6.45) is 13.8. The van der Waals surface area contributed by atoms with Gasteiger partial charge < -0.3 is 98.4 Å². The number of carboxylic acids is 2. The number of H-pyrrole nitrogens is 1. The van der Waals surface area contributed by atoms with Crippen LogP contribution in [0.2, 0.25) is 0 Å². The number of nitrogens with one attached hydrogen (secondary N) is 7. The number of hydrogen-bond acceptors (Lipinski definition) is 26. The molecule has 2 atom stereocenters. The second-order valence-electron chi connectivity index (χ2n) is 23.5. The molecular formula is C66H121N10O26S. The topological polar surface area (TPSA) is 478 Å². The Balaban J connectivity index is 1.91. The van der Waals surface area contributed by atoms with Crippen molar-refractivity contribution in [2.75, 3.05) is 204 Å². The van der Waals surface area contributed by atoms with Gasteiger partial charge in [0.05, 0.1) is 178 Å². The first kappa shape index (κ1) is 95.2. The Hall–Kier alpha value is -5.78. The number of nitrogens with zero attached hydrogens (tertiary/aromatic N) is 3. The van der Waals surface area contributed by atoms with E-state index in [1.807, 2.05) is 0 Å². The van der Waals surface area contributed by atoms with Crippen molar-refractivity contribution in [3.8, 4) is 0 Å². The monoisotopic (exact) mass is 1500 g/mol. The maximum absolute atomic E-state index is 12.6. The number of carboxylic acid groups (broad SMARTS) is 2. The van der Waals surface area contributed by atoms with Gasteiger partial charge in [-0.05, 0) is 49.0 Å². The van der Waals surface area contributed by atoms with Crippen LogP contribution in [0.3, 0.4) is 0 Å². The fourth-order valence-electron chi connectivity index (χ4n) is 9.22. The summed E-state index contributed by atoms with van der Waals surface area (Å²) in [4.78, 5) is 97.5. The van der Waals surface area contributed by atoms with Crippen LogP contribution in [0.4, 0.5) is 0 Å². The molecule has 0 bridgehead atoms. The third kappa shape index (κ3) is 66.6. The molecule has 0 aliphatic carbocycles. The van der Waals surface area contributed by atoms with Crippen molar-refractivity contribution in [2.45, 2.75) is 166 Å². The molecule has 1 aromatic heterocycles. The SMILES string of the molecule is [O]CCOCCNC(=O)CCOCCOCCOCCOCCOCCOCCOCCOCCOCCOCCOCCOCCNC(=O)CC[C@H](NC(=O)CC[C@H](NC(=O)CCCNC(=O)CCCS(=O)(=O)NC(=O)CCCCCCCCCCCCCCCc1nnn[nH]1)C(=O)O)C(=O)O. The summed E-state index contributed by atoms with van der Waals surface area (Å²) in [6.45, 7) is 9.86. The number of unbranched alkanes of at least 4 members (excludes halogenated alkanes) is 12. The quantitative estimate of drug-likeness (QED) is 0.0415. The van der Waals surface area contributed by atoms with E-state index < -0.39 is 75.8 Å². The van der Waals surface area contributed by atoms with E-state index >= 15 is 0 Å². The Morgan fingerprint density at radius 1 is 0.350 bits per heavy atom. The molecule has 0 unspecified atom stereocenters. The summed E-state index contributed by atoms with van der Waals surface area (Å²) in [7, 11) is -3.93. The molecule has 0 aliphatic rings. The predicted molar refractivity (Wildman–Crippen MR) is 370 cm³/mol. The maximum atomic E-state index is 12.6. The molecule has 597 valence electrons. The number of carbonyl (C=O) groups excluding carboxylic acids is 6. The lowest BCUT2D eigenvalue weighted by Crippen LogP contribution is -2.44. The van der Waals surface area contributed by atoms with E-state index in [1.165, 1.54) is 44.9 Å². The zero-order valence-electron chi connectivity index (χ0n) is 60.5. The van der Waals surface area contributed by atoms with Gasteiger partial charge in [0.25, 0.3) is 0 Å². The zero-order chi connectivity index (χ0) is 75.0. The normalized spacial score (nSPS) is 12.0. The Morgan fingerprint density at radius 3 is 1.07 bits per heavy atom. The maximum Gasteiger partial charge on any atom is 0.326 e. The minimum atomic E-state index is -3.93. The average Bonchev–Trinajstić information content (AvgIpc) is 1.70. The molecular weight excluding hydrogens is 1380 g/mol. The lowest BCUT2D eigenvalue weighted by Gasteiger charge is -2.17. The molecule has 1 rings (SSSR count). The molecule has 0 spiro atoms. The Labute approximate surface area is 606 Å². The van der Waals surface area contributed by atoms with Gasteiger partial charge in [-0.1, -0.05) is 70.6 Å². The van der Waals surface area contributed by atoms with Gasteiger partial charge in [-0.15, -0.1) is 5.10 Å². The first-order valence-corrected chi connectivity index (χ1v) is 38.0. The van der Waals surface area contributed by atoms with E-state index in [0.29, 0.717) is 152 Å². The Bertz CT molecular complexity index is 2380. The fraction of sp³-hybridized carbons (Fsp3) is 0.864. The van der Waals surface area contributed by atoms with Crippen LogP contribution >= 0.6 is 0 Å². The van der Waals surface area contributed by atoms with Gasteiger partial charge >= 0.3 is 11.9 Å². The van der Waals surface area contributed by atoms with Crippen molar-refractivity contribution in [1.29, 1.82) is 0 Å². The zero-order valence-corrected chi connectivity index (χ0v) is 61.3. The molecule has 0 aromatic carbocycles. The number of aromatic amines is 1. The van der Waals surface area contributed by atoms with Crippen molar-refractivity contribution < 1.29 is 124 Å². The average molecular weight is 1500 g/mol. The smallest absolute Gasteiger partial charge is 0.326 e. The van der Waals surface area contributed by atoms with Gasteiger partial charge in [-0.3, -0.25) is 33.5 Å². The van der Waals surface area contributed by atoms with Gasteiger partial charge in [0.2, 0.25) is 45.5 Å². The van der Waals surface area contributed by atoms with E-state index in [0.717, 1.165) is 44.3 Å². The van der Waals surface area contributed by atoms with E-state index in [9.17, 15) is 62.1 Å². The second-order valence-corrected chi connectivity index (χ2v) is 25.3. The minimum absolute atomic E-state index is 0.0339. The first-order chi connectivity index (χ1) is 50.1. The van der Waals surface area contributed by atoms with Crippen LogP contribution in [0, 0.1) is 0 Å². The number of aliphatic carboxylic acids is 2. The van der Waals surface area contributed by atoms with Crippen molar-refractivity contribution in [2.24, 2.45) is 0 Å². The molecule has 0 aliphatic heterocycles. The summed E-state index contributed by atoms with van der Waals surface area (Å²) in [5.41, 5.74) is 0. The number of rotatable bonds is 79. The van der Waals surface area contributed by atoms with E-state index in [1.54, 1.807) is 0 Å². The Kier molecular flexibility index (Phi) is 65.2. The molecule has 9 N–H and O–H groups in total. The molecule has 1 aromatic rings. The molecule has 37 heteroatoms. The number of sulfonamides is 1. The van der Waals surface area contributed by atoms with Gasteiger partial charge in [-0.2, -0.15) is 0 Å². The highest BCUT2D eigenvalue weighted by Gasteiger charge is 2.25. The third-order valence-corrected chi connectivity index (χ3v) is 16.1. The fourth-order valence-corrected chi connectivity index (χ4v) is 10.3. The van der Waals surface area contributed by atoms with Crippen molar-refractivity contribution in [3.63, 3.8) is 0 Å². The number of carbonyl (C=O) groups is 8. The van der Waals surface area contributed by atoms with Crippen molar-refractivity contribution in [1.82, 2.24) is 51.9 Å². The molecule has 103 heavy (non-hydrogen) atoms. The first-order valence-electron chi connectivity index (χ1n) is 36.3. The number of ether oxygens (including phenoxy) is 13. The highest BCUT2D eigenvalue weighted by atomic mass is 32.2. The third-order valence-electron chi connectivity index (χ3n) is 14.7. The number of tetrazole rings is 1. The standard InChI is InChI=1S/C66H121N10O26S/c77-28-32-91-30-26-69-61(80)24-29-90-33-35-93-37-39-95-41-43-97-45-47-99-49-51-101-53-54-102-52-50-100-48-46-98-44-42-96-40-38-94-36-34-92-31-27-68-60(79)22-20-56(65(84)85)71-63(82)23-21-57(66(86)87)70-62(81)18-14-25-67-59(78)19-15-55-103(88,89)74-64(83)17-13-11-9-7-5-3-1-2-4-6-8-10-12-16-58-72-75-76-73-58/h56-57H,1-55H2,(H,67,78)(H,68,79)(H,69,80)(H,70,81)(H,71,82)(H,74,83)(H,84,85)(H,86,87)(H,72,73,75,76)/t56-,57-/m0/s1. The van der Waals surface area contributed by atoms with Gasteiger partial charge in [-0.25, -0.2) is 28.2 Å². The van der Waals surface area contributed by atoms with Gasteiger partial charge in [0, 0.05) is 64.6 Å². The van der Waals surface area contributed by atoms with Crippen molar-refractivity contribution in [3.05, 3.63) is 5.82 Å². The number of aryl methyl sites for hydroxylation is 1. The van der Waals surface area contributed by atoms with Crippen LogP contribution in [-0.2, 0) is 121 Å². The highest BCUT2D eigenvalue weighted by Crippen LogP contribution is 2.14. The van der Waals surface area contributed by atoms with E-state index in [4.69, 9.17) is 61.6 Å². The van der Waals surface area contributed by atoms with Gasteiger partial charge in [0.1, 0.15) is 24.5 Å². The molecule has 0 saturated carbocycles. The summed E-state index contributed by atoms with van der Waals surface area (Å²) < 4.78 is 97.5. The molecule has 6 amide bonds. The van der Waals surface area contributed by atoms with Crippen LogP contribution in [0.1, 0.15) is 154 Å². The number of hydrogen-bond donors (Lipinski definition) is 9. The molecule has 0 saturated heterocycles. The van der Waals surface area contributed by atoms with Crippen LogP contribution in [0.5, 0.6) is 0 Å². The minimum Gasteiger partial charge on any atom is -0.480 e. The van der Waals surface area contributed by atoms with Crippen LogP contribution in [-0.4, -0.2) is 302 Å². The van der Waals surface area contributed by atoms with Gasteiger partial charge in [0.15, 0.2) is 0 Å². The van der Waals surface area contributed by atoms with Crippen LogP contribution < -0.4 is 31.3 Å².